The maximum absolute atomic E-state index is 10.7. The number of hydrogen-bond donors (Lipinski definition) is 1. The second-order valence-corrected chi connectivity index (χ2v) is 4.93. The largest absolute Gasteiger partial charge is 0.349 e. The number of nitrogens with zero attached hydrogens (tertiary/aromatic N) is 6. The molecule has 1 fully saturated rings. The van der Waals surface area contributed by atoms with Gasteiger partial charge in [-0.1, -0.05) is 0 Å². The normalized spacial score (nSPS) is 16.0. The zero-order chi connectivity index (χ0) is 14.7. The molecule has 21 heavy (non-hydrogen) atoms. The van der Waals surface area contributed by atoms with E-state index in [0.717, 1.165) is 25.9 Å². The van der Waals surface area contributed by atoms with E-state index in [1.54, 1.807) is 23.1 Å². The predicted molar refractivity (Wildman–Crippen MR) is 76.0 cm³/mol. The summed E-state index contributed by atoms with van der Waals surface area (Å²) < 4.78 is 1.59. The van der Waals surface area contributed by atoms with Crippen LogP contribution in [0.1, 0.15) is 31.6 Å². The molecule has 110 valence electrons. The Kier molecular flexibility index (Phi) is 3.76. The van der Waals surface area contributed by atoms with Crippen molar-refractivity contribution in [3.63, 3.8) is 0 Å². The van der Waals surface area contributed by atoms with Gasteiger partial charge in [0.1, 0.15) is 0 Å². The van der Waals surface area contributed by atoms with Crippen LogP contribution < -0.4 is 10.2 Å². The lowest BCUT2D eigenvalue weighted by Gasteiger charge is -2.11. The van der Waals surface area contributed by atoms with E-state index < -0.39 is 0 Å². The number of hydrogen-bond acceptors (Lipinski definition) is 6. The molecule has 0 aromatic carbocycles. The first-order chi connectivity index (χ1) is 10.3. The van der Waals surface area contributed by atoms with Gasteiger partial charge in [0.25, 0.3) is 5.95 Å². The third-order valence-corrected chi connectivity index (χ3v) is 3.46. The van der Waals surface area contributed by atoms with Crippen molar-refractivity contribution in [3.05, 3.63) is 24.3 Å². The van der Waals surface area contributed by atoms with E-state index in [0.29, 0.717) is 24.1 Å². The van der Waals surface area contributed by atoms with Crippen LogP contribution in [0.3, 0.4) is 0 Å². The van der Waals surface area contributed by atoms with Gasteiger partial charge < -0.3 is 10.2 Å². The van der Waals surface area contributed by atoms with Crippen LogP contribution >= 0.6 is 0 Å². The molecule has 0 saturated carbocycles. The fraction of sp³-hybridized carbons (Fsp3) is 0.462. The molecule has 3 heterocycles. The fourth-order valence-corrected chi connectivity index (χ4v) is 2.37. The molecule has 0 spiro atoms. The van der Waals surface area contributed by atoms with Crippen molar-refractivity contribution < 1.29 is 4.79 Å². The lowest BCUT2D eigenvalue weighted by Crippen LogP contribution is -2.21. The Bertz CT molecular complexity index is 606. The van der Waals surface area contributed by atoms with E-state index in [1.807, 2.05) is 6.92 Å². The fourth-order valence-electron chi connectivity index (χ4n) is 2.37. The van der Waals surface area contributed by atoms with Crippen LogP contribution in [0.4, 0.5) is 5.95 Å². The third kappa shape index (κ3) is 2.69. The SMILES string of the molecule is C[C@H](NC=O)c1nc(N2CCCC2)nn1-c1ncccn1. The Balaban J connectivity index is 2.01. The average Bonchev–Trinajstić information content (AvgIpc) is 3.17. The van der Waals surface area contributed by atoms with Crippen LogP contribution in [0, 0.1) is 0 Å². The second kappa shape index (κ2) is 5.86. The van der Waals surface area contributed by atoms with Crippen LogP contribution in [-0.4, -0.2) is 44.2 Å². The van der Waals surface area contributed by atoms with Crippen molar-refractivity contribution in [1.29, 1.82) is 0 Å². The minimum Gasteiger partial charge on any atom is -0.349 e. The minimum absolute atomic E-state index is 0.268. The molecule has 1 aliphatic heterocycles. The Morgan fingerprint density at radius 3 is 2.62 bits per heavy atom. The number of anilines is 1. The highest BCUT2D eigenvalue weighted by molar-refractivity contribution is 5.47. The van der Waals surface area contributed by atoms with Crippen LogP contribution in [0.25, 0.3) is 5.95 Å². The number of carbonyl (C=O) groups excluding carboxylic acids is 1. The van der Waals surface area contributed by atoms with Crippen molar-refractivity contribution in [3.8, 4) is 5.95 Å². The van der Waals surface area contributed by atoms with Gasteiger partial charge in [0.05, 0.1) is 6.04 Å². The zero-order valence-corrected chi connectivity index (χ0v) is 11.8. The van der Waals surface area contributed by atoms with E-state index in [9.17, 15) is 4.79 Å². The topological polar surface area (TPSA) is 88.8 Å². The Labute approximate surface area is 122 Å². The molecule has 2 aromatic heterocycles. The van der Waals surface area contributed by atoms with Crippen molar-refractivity contribution in [1.82, 2.24) is 30.0 Å². The van der Waals surface area contributed by atoms with Crippen molar-refractivity contribution in [2.24, 2.45) is 0 Å². The quantitative estimate of drug-likeness (QED) is 0.804. The predicted octanol–water partition coefficient (Wildman–Crippen LogP) is 0.464. The third-order valence-electron chi connectivity index (χ3n) is 3.46. The maximum atomic E-state index is 10.7. The van der Waals surface area contributed by atoms with Gasteiger partial charge in [-0.05, 0) is 25.8 Å². The summed E-state index contributed by atoms with van der Waals surface area (Å²) in [7, 11) is 0. The van der Waals surface area contributed by atoms with E-state index in [2.05, 4.69) is 30.3 Å². The molecule has 1 amide bonds. The first-order valence-electron chi connectivity index (χ1n) is 6.98. The molecule has 1 aliphatic rings. The van der Waals surface area contributed by atoms with Crippen LogP contribution in [0.15, 0.2) is 18.5 Å². The van der Waals surface area contributed by atoms with Gasteiger partial charge in [-0.3, -0.25) is 4.79 Å². The molecule has 1 N–H and O–H groups in total. The smallest absolute Gasteiger partial charge is 0.252 e. The first kappa shape index (κ1) is 13.5. The summed E-state index contributed by atoms with van der Waals surface area (Å²) in [5.74, 6) is 1.73. The number of carbonyl (C=O) groups is 1. The summed E-state index contributed by atoms with van der Waals surface area (Å²) in [5, 5.41) is 7.21. The summed E-state index contributed by atoms with van der Waals surface area (Å²) >= 11 is 0. The molecular formula is C13H17N7O. The van der Waals surface area contributed by atoms with Crippen molar-refractivity contribution in [2.75, 3.05) is 18.0 Å². The Morgan fingerprint density at radius 2 is 1.95 bits per heavy atom. The first-order valence-corrected chi connectivity index (χ1v) is 6.98. The molecule has 1 saturated heterocycles. The van der Waals surface area contributed by atoms with Crippen LogP contribution in [-0.2, 0) is 4.79 Å². The minimum atomic E-state index is -0.268. The molecule has 8 heteroatoms. The van der Waals surface area contributed by atoms with Gasteiger partial charge in [0, 0.05) is 25.5 Å². The van der Waals surface area contributed by atoms with Gasteiger partial charge in [-0.25, -0.2) is 9.97 Å². The molecular weight excluding hydrogens is 270 g/mol. The summed E-state index contributed by atoms with van der Waals surface area (Å²) in [6, 6.07) is 1.48. The summed E-state index contributed by atoms with van der Waals surface area (Å²) in [6.07, 6.45) is 6.26. The highest BCUT2D eigenvalue weighted by Crippen LogP contribution is 2.20. The van der Waals surface area contributed by atoms with E-state index in [-0.39, 0.29) is 6.04 Å². The van der Waals surface area contributed by atoms with Gasteiger partial charge in [0.2, 0.25) is 12.4 Å². The molecule has 2 aromatic rings. The van der Waals surface area contributed by atoms with Gasteiger partial charge in [0.15, 0.2) is 5.82 Å². The second-order valence-electron chi connectivity index (χ2n) is 4.93. The zero-order valence-electron chi connectivity index (χ0n) is 11.8. The summed E-state index contributed by atoms with van der Waals surface area (Å²) in [4.78, 5) is 25.8. The number of amides is 1. The van der Waals surface area contributed by atoms with E-state index >= 15 is 0 Å². The number of aromatic nitrogens is 5. The van der Waals surface area contributed by atoms with Crippen LogP contribution in [0.2, 0.25) is 0 Å². The van der Waals surface area contributed by atoms with Gasteiger partial charge in [-0.2, -0.15) is 9.67 Å². The highest BCUT2D eigenvalue weighted by atomic mass is 16.1. The molecule has 8 nitrogen and oxygen atoms in total. The monoisotopic (exact) mass is 287 g/mol. The summed E-state index contributed by atoms with van der Waals surface area (Å²) in [6.45, 7) is 3.76. The molecule has 0 bridgehead atoms. The molecule has 0 aliphatic carbocycles. The standard InChI is InChI=1S/C13H17N7O/c1-10(16-9-21)11-17-13(19-7-2-3-8-19)18-20(11)12-14-5-4-6-15-12/h4-6,9-10H,2-3,7-8H2,1H3,(H,16,21)/t10-/m0/s1. The number of nitrogens with one attached hydrogen (secondary N) is 1. The highest BCUT2D eigenvalue weighted by Gasteiger charge is 2.23. The van der Waals surface area contributed by atoms with E-state index in [1.165, 1.54) is 0 Å². The molecule has 0 radical (unpaired) electrons. The molecule has 0 unspecified atom stereocenters. The van der Waals surface area contributed by atoms with Crippen molar-refractivity contribution in [2.45, 2.75) is 25.8 Å². The lowest BCUT2D eigenvalue weighted by atomic mass is 10.3. The summed E-state index contributed by atoms with van der Waals surface area (Å²) in [5.41, 5.74) is 0. The average molecular weight is 287 g/mol. The molecule has 3 rings (SSSR count). The lowest BCUT2D eigenvalue weighted by molar-refractivity contribution is -0.110. The molecule has 1 atom stereocenters. The van der Waals surface area contributed by atoms with Gasteiger partial charge in [-0.15, -0.1) is 5.10 Å². The van der Waals surface area contributed by atoms with Crippen LogP contribution in [0.5, 0.6) is 0 Å². The Hall–Kier alpha value is -2.51. The van der Waals surface area contributed by atoms with Crippen molar-refractivity contribution >= 4 is 12.4 Å². The maximum Gasteiger partial charge on any atom is 0.252 e. The van der Waals surface area contributed by atoms with Gasteiger partial charge >= 0.3 is 0 Å². The number of rotatable bonds is 5. The Morgan fingerprint density at radius 1 is 1.24 bits per heavy atom. The van der Waals surface area contributed by atoms with E-state index in [4.69, 9.17) is 0 Å².